The van der Waals surface area contributed by atoms with Crippen molar-refractivity contribution < 1.29 is 9.53 Å². The maximum Gasteiger partial charge on any atom is 0.259 e. The fourth-order valence-corrected chi connectivity index (χ4v) is 2.69. The van der Waals surface area contributed by atoms with Crippen LogP contribution < -0.4 is 10.1 Å². The Balaban J connectivity index is 0.00000192. The SMILES string of the molecule is Cl.O=C(c1cccnc1Oc1cccc(Br)c1)N1CCNCC1. The first kappa shape index (κ1) is 17.7. The molecule has 7 heteroatoms. The van der Waals surface area contributed by atoms with E-state index in [0.717, 1.165) is 17.6 Å². The minimum Gasteiger partial charge on any atom is -0.438 e. The van der Waals surface area contributed by atoms with Crippen molar-refractivity contribution in [2.75, 3.05) is 26.2 Å². The van der Waals surface area contributed by atoms with E-state index in [4.69, 9.17) is 4.74 Å². The van der Waals surface area contributed by atoms with Gasteiger partial charge in [-0.05, 0) is 30.3 Å². The van der Waals surface area contributed by atoms with Gasteiger partial charge in [-0.1, -0.05) is 22.0 Å². The molecule has 0 atom stereocenters. The van der Waals surface area contributed by atoms with Crippen LogP contribution in [0.3, 0.4) is 0 Å². The van der Waals surface area contributed by atoms with Crippen LogP contribution in [0.4, 0.5) is 0 Å². The van der Waals surface area contributed by atoms with Crippen LogP contribution in [0.15, 0.2) is 47.1 Å². The summed E-state index contributed by atoms with van der Waals surface area (Å²) in [5, 5.41) is 3.24. The highest BCUT2D eigenvalue weighted by atomic mass is 79.9. The molecule has 0 radical (unpaired) electrons. The number of hydrogen-bond acceptors (Lipinski definition) is 4. The van der Waals surface area contributed by atoms with E-state index in [0.29, 0.717) is 30.3 Å². The smallest absolute Gasteiger partial charge is 0.259 e. The molecule has 1 aliphatic heterocycles. The molecule has 0 saturated carbocycles. The number of aromatic nitrogens is 1. The topological polar surface area (TPSA) is 54.5 Å². The number of amides is 1. The van der Waals surface area contributed by atoms with E-state index in [2.05, 4.69) is 26.2 Å². The molecule has 1 aromatic carbocycles. The lowest BCUT2D eigenvalue weighted by Crippen LogP contribution is -2.46. The molecule has 0 unspecified atom stereocenters. The van der Waals surface area contributed by atoms with Crippen LogP contribution in [-0.4, -0.2) is 42.0 Å². The summed E-state index contributed by atoms with van der Waals surface area (Å²) < 4.78 is 6.71. The highest BCUT2D eigenvalue weighted by Gasteiger charge is 2.22. The largest absolute Gasteiger partial charge is 0.438 e. The number of ether oxygens (including phenoxy) is 1. The second kappa shape index (κ2) is 8.29. The maximum absolute atomic E-state index is 12.6. The fourth-order valence-electron chi connectivity index (χ4n) is 2.32. The van der Waals surface area contributed by atoms with E-state index in [1.165, 1.54) is 0 Å². The molecule has 1 N–H and O–H groups in total. The zero-order chi connectivity index (χ0) is 15.4. The number of rotatable bonds is 3. The third-order valence-electron chi connectivity index (χ3n) is 3.42. The molecule has 1 aromatic heterocycles. The van der Waals surface area contributed by atoms with Gasteiger partial charge in [0.05, 0.1) is 0 Å². The van der Waals surface area contributed by atoms with E-state index in [-0.39, 0.29) is 18.3 Å². The van der Waals surface area contributed by atoms with Crippen LogP contribution in [-0.2, 0) is 0 Å². The molecule has 23 heavy (non-hydrogen) atoms. The van der Waals surface area contributed by atoms with Gasteiger partial charge >= 0.3 is 0 Å². The van der Waals surface area contributed by atoms with E-state index in [9.17, 15) is 4.79 Å². The molecule has 122 valence electrons. The minimum absolute atomic E-state index is 0. The molecule has 1 fully saturated rings. The van der Waals surface area contributed by atoms with Gasteiger partial charge in [0.1, 0.15) is 11.3 Å². The first-order valence-corrected chi connectivity index (χ1v) is 7.92. The number of nitrogens with zero attached hydrogens (tertiary/aromatic N) is 2. The summed E-state index contributed by atoms with van der Waals surface area (Å²) in [5.74, 6) is 0.936. The molecule has 3 rings (SSSR count). The monoisotopic (exact) mass is 397 g/mol. The van der Waals surface area contributed by atoms with E-state index in [1.54, 1.807) is 18.3 Å². The molecular weight excluding hydrogens is 382 g/mol. The highest BCUT2D eigenvalue weighted by Crippen LogP contribution is 2.26. The molecule has 1 aliphatic rings. The zero-order valence-corrected chi connectivity index (χ0v) is 14.8. The number of carbonyl (C=O) groups is 1. The first-order chi connectivity index (χ1) is 10.7. The standard InChI is InChI=1S/C16H16BrN3O2.ClH/c17-12-3-1-4-13(11-12)22-15-14(5-2-6-19-15)16(21)20-9-7-18-8-10-20;/h1-6,11,18H,7-10H2;1H. The average molecular weight is 399 g/mol. The lowest BCUT2D eigenvalue weighted by Gasteiger charge is -2.27. The predicted octanol–water partition coefficient (Wildman–Crippen LogP) is 3.10. The lowest BCUT2D eigenvalue weighted by molar-refractivity contribution is 0.0732. The van der Waals surface area contributed by atoms with Crippen molar-refractivity contribution >= 4 is 34.2 Å². The molecule has 1 saturated heterocycles. The minimum atomic E-state index is -0.0420. The summed E-state index contributed by atoms with van der Waals surface area (Å²) >= 11 is 3.40. The van der Waals surface area contributed by atoms with Crippen molar-refractivity contribution in [3.8, 4) is 11.6 Å². The second-order valence-electron chi connectivity index (χ2n) is 4.96. The number of hydrogen-bond donors (Lipinski definition) is 1. The normalized spacial score (nSPS) is 14.0. The van der Waals surface area contributed by atoms with Crippen LogP contribution >= 0.6 is 28.3 Å². The predicted molar refractivity (Wildman–Crippen MR) is 94.5 cm³/mol. The van der Waals surface area contributed by atoms with E-state index >= 15 is 0 Å². The van der Waals surface area contributed by atoms with Crippen LogP contribution in [0.5, 0.6) is 11.6 Å². The third-order valence-corrected chi connectivity index (χ3v) is 3.91. The molecule has 1 amide bonds. The number of benzene rings is 1. The van der Waals surface area contributed by atoms with E-state index < -0.39 is 0 Å². The third kappa shape index (κ3) is 4.43. The van der Waals surface area contributed by atoms with Crippen molar-refractivity contribution in [2.45, 2.75) is 0 Å². The summed E-state index contributed by atoms with van der Waals surface area (Å²) in [6.45, 7) is 3.02. The molecule has 2 heterocycles. The summed E-state index contributed by atoms with van der Waals surface area (Å²) in [5.41, 5.74) is 0.490. The van der Waals surface area contributed by atoms with Gasteiger partial charge in [-0.3, -0.25) is 4.79 Å². The van der Waals surface area contributed by atoms with Gasteiger partial charge < -0.3 is 15.0 Å². The van der Waals surface area contributed by atoms with Crippen molar-refractivity contribution in [3.63, 3.8) is 0 Å². The molecule has 0 bridgehead atoms. The molecule has 5 nitrogen and oxygen atoms in total. The fraction of sp³-hybridized carbons (Fsp3) is 0.250. The van der Waals surface area contributed by atoms with Crippen LogP contribution in [0, 0.1) is 0 Å². The molecule has 0 aliphatic carbocycles. The first-order valence-electron chi connectivity index (χ1n) is 7.12. The van der Waals surface area contributed by atoms with Crippen molar-refractivity contribution in [1.82, 2.24) is 15.2 Å². The van der Waals surface area contributed by atoms with Crippen molar-refractivity contribution in [2.24, 2.45) is 0 Å². The van der Waals surface area contributed by atoms with Crippen molar-refractivity contribution in [3.05, 3.63) is 52.6 Å². The Kier molecular flexibility index (Phi) is 6.38. The van der Waals surface area contributed by atoms with Gasteiger partial charge in [0.2, 0.25) is 5.88 Å². The molecule has 0 spiro atoms. The summed E-state index contributed by atoms with van der Waals surface area (Å²) in [7, 11) is 0. The molecular formula is C16H17BrClN3O2. The van der Waals surface area contributed by atoms with Gasteiger partial charge in [0.25, 0.3) is 5.91 Å². The summed E-state index contributed by atoms with van der Waals surface area (Å²) in [6.07, 6.45) is 1.63. The molecule has 2 aromatic rings. The van der Waals surface area contributed by atoms with Gasteiger partial charge in [0, 0.05) is 36.8 Å². The Morgan fingerprint density at radius 2 is 2.00 bits per heavy atom. The van der Waals surface area contributed by atoms with Gasteiger partial charge in [-0.15, -0.1) is 12.4 Å². The second-order valence-corrected chi connectivity index (χ2v) is 5.87. The number of halogens is 2. The average Bonchev–Trinajstić information content (AvgIpc) is 2.56. The lowest BCUT2D eigenvalue weighted by atomic mass is 10.2. The number of nitrogens with one attached hydrogen (secondary N) is 1. The summed E-state index contributed by atoms with van der Waals surface area (Å²) in [4.78, 5) is 18.7. The quantitative estimate of drug-likeness (QED) is 0.863. The Bertz CT molecular complexity index is 678. The summed E-state index contributed by atoms with van der Waals surface area (Å²) in [6, 6.07) is 11.0. The number of pyridine rings is 1. The zero-order valence-electron chi connectivity index (χ0n) is 12.4. The Morgan fingerprint density at radius 3 is 2.74 bits per heavy atom. The van der Waals surface area contributed by atoms with Crippen LogP contribution in [0.1, 0.15) is 10.4 Å². The van der Waals surface area contributed by atoms with E-state index in [1.807, 2.05) is 29.2 Å². The maximum atomic E-state index is 12.6. The van der Waals surface area contributed by atoms with Gasteiger partial charge in [-0.2, -0.15) is 0 Å². The van der Waals surface area contributed by atoms with Crippen LogP contribution in [0.25, 0.3) is 0 Å². The Hall–Kier alpha value is -1.63. The highest BCUT2D eigenvalue weighted by molar-refractivity contribution is 9.10. The van der Waals surface area contributed by atoms with Crippen molar-refractivity contribution in [1.29, 1.82) is 0 Å². The Labute approximate surface area is 149 Å². The van der Waals surface area contributed by atoms with Gasteiger partial charge in [0.15, 0.2) is 0 Å². The number of carbonyl (C=O) groups excluding carboxylic acids is 1. The number of piperazine rings is 1. The Morgan fingerprint density at radius 1 is 1.22 bits per heavy atom. The van der Waals surface area contributed by atoms with Crippen LogP contribution in [0.2, 0.25) is 0 Å². The van der Waals surface area contributed by atoms with Gasteiger partial charge in [-0.25, -0.2) is 4.98 Å².